The minimum atomic E-state index is -0.466. The molecule has 0 saturated carbocycles. The number of hydrogen-bond donors (Lipinski definition) is 0. The molecular formula is C26H21NO4S2. The molecule has 3 aromatic carbocycles. The number of methoxy groups -OCH3 is 1. The van der Waals surface area contributed by atoms with Gasteiger partial charge in [-0.05, 0) is 48.4 Å². The van der Waals surface area contributed by atoms with Gasteiger partial charge in [-0.25, -0.2) is 4.79 Å². The van der Waals surface area contributed by atoms with Gasteiger partial charge in [0.2, 0.25) is 0 Å². The zero-order valence-electron chi connectivity index (χ0n) is 18.1. The summed E-state index contributed by atoms with van der Waals surface area (Å²) in [5, 5.41) is 0. The molecule has 0 unspecified atom stereocenters. The molecule has 1 saturated heterocycles. The lowest BCUT2D eigenvalue weighted by molar-refractivity contribution is -0.122. The minimum absolute atomic E-state index is 0.136. The van der Waals surface area contributed by atoms with Gasteiger partial charge in [-0.2, -0.15) is 0 Å². The molecular weight excluding hydrogens is 454 g/mol. The van der Waals surface area contributed by atoms with Crippen LogP contribution in [0.1, 0.15) is 27.0 Å². The summed E-state index contributed by atoms with van der Waals surface area (Å²) in [6.45, 7) is 2.34. The van der Waals surface area contributed by atoms with Crippen molar-refractivity contribution in [3.63, 3.8) is 0 Å². The highest BCUT2D eigenvalue weighted by Crippen LogP contribution is 2.35. The Bertz CT molecular complexity index is 1250. The highest BCUT2D eigenvalue weighted by atomic mass is 32.2. The summed E-state index contributed by atoms with van der Waals surface area (Å²) in [4.78, 5) is 27.6. The second kappa shape index (κ2) is 10.0. The molecule has 0 bridgehead atoms. The van der Waals surface area contributed by atoms with Crippen molar-refractivity contribution >= 4 is 46.3 Å². The predicted molar refractivity (Wildman–Crippen MR) is 134 cm³/mol. The van der Waals surface area contributed by atoms with E-state index in [9.17, 15) is 9.59 Å². The molecule has 0 N–H and O–H groups in total. The third-order valence-electron chi connectivity index (χ3n) is 5.00. The maximum Gasteiger partial charge on any atom is 0.343 e. The van der Waals surface area contributed by atoms with Gasteiger partial charge >= 0.3 is 5.97 Å². The van der Waals surface area contributed by atoms with Crippen LogP contribution in [0.3, 0.4) is 0 Å². The fourth-order valence-electron chi connectivity index (χ4n) is 3.34. The lowest BCUT2D eigenvalue weighted by atomic mass is 10.1. The molecule has 0 radical (unpaired) electrons. The molecule has 5 nitrogen and oxygen atoms in total. The fraction of sp³-hybridized carbons (Fsp3) is 0.115. The molecule has 33 heavy (non-hydrogen) atoms. The molecule has 1 amide bonds. The van der Waals surface area contributed by atoms with Crippen LogP contribution in [0.15, 0.2) is 77.7 Å². The molecule has 0 atom stereocenters. The number of thioether (sulfide) groups is 1. The van der Waals surface area contributed by atoms with Gasteiger partial charge in [-0.3, -0.25) is 9.69 Å². The number of rotatable bonds is 6. The Balaban J connectivity index is 1.52. The highest BCUT2D eigenvalue weighted by Gasteiger charge is 2.32. The SMILES string of the molecule is COc1cc(/C=C2\SC(=S)N(Cc3ccccc3)C2=O)ccc1OC(=O)c1cccc(C)c1. The van der Waals surface area contributed by atoms with E-state index >= 15 is 0 Å². The first-order chi connectivity index (χ1) is 15.9. The number of thiocarbonyl (C=S) groups is 1. The molecule has 0 spiro atoms. The molecule has 7 heteroatoms. The average molecular weight is 476 g/mol. The molecule has 1 aliphatic heterocycles. The summed E-state index contributed by atoms with van der Waals surface area (Å²) in [7, 11) is 1.50. The van der Waals surface area contributed by atoms with Gasteiger partial charge in [0.05, 0.1) is 24.1 Å². The summed E-state index contributed by atoms with van der Waals surface area (Å²) in [6.07, 6.45) is 1.76. The van der Waals surface area contributed by atoms with E-state index in [1.54, 1.807) is 47.4 Å². The third kappa shape index (κ3) is 5.32. The van der Waals surface area contributed by atoms with E-state index < -0.39 is 5.97 Å². The van der Waals surface area contributed by atoms with Crippen LogP contribution in [0.25, 0.3) is 6.08 Å². The number of hydrogen-bond acceptors (Lipinski definition) is 6. The van der Waals surface area contributed by atoms with Gasteiger partial charge in [0, 0.05) is 0 Å². The summed E-state index contributed by atoms with van der Waals surface area (Å²) in [5.41, 5.74) is 3.18. The van der Waals surface area contributed by atoms with E-state index in [4.69, 9.17) is 21.7 Å². The van der Waals surface area contributed by atoms with Crippen LogP contribution in [-0.2, 0) is 11.3 Å². The van der Waals surface area contributed by atoms with E-state index in [0.717, 1.165) is 16.7 Å². The summed E-state index contributed by atoms with van der Waals surface area (Å²) >= 11 is 6.69. The van der Waals surface area contributed by atoms with E-state index in [-0.39, 0.29) is 5.91 Å². The van der Waals surface area contributed by atoms with E-state index in [0.29, 0.717) is 32.8 Å². The monoisotopic (exact) mass is 475 g/mol. The van der Waals surface area contributed by atoms with Crippen LogP contribution >= 0.6 is 24.0 Å². The first-order valence-corrected chi connectivity index (χ1v) is 11.4. The minimum Gasteiger partial charge on any atom is -0.493 e. The van der Waals surface area contributed by atoms with E-state index in [2.05, 4.69) is 0 Å². The Morgan fingerprint density at radius 1 is 1.03 bits per heavy atom. The third-order valence-corrected chi connectivity index (χ3v) is 6.38. The zero-order chi connectivity index (χ0) is 23.4. The molecule has 4 rings (SSSR count). The van der Waals surface area contributed by atoms with Crippen molar-refractivity contribution in [1.82, 2.24) is 4.90 Å². The molecule has 0 aromatic heterocycles. The topological polar surface area (TPSA) is 55.8 Å². The average Bonchev–Trinajstić information content (AvgIpc) is 3.08. The van der Waals surface area contributed by atoms with Gasteiger partial charge in [0.25, 0.3) is 5.91 Å². The number of ether oxygens (including phenoxy) is 2. The predicted octanol–water partition coefficient (Wildman–Crippen LogP) is 5.62. The standard InChI is InChI=1S/C26H21NO4S2/c1-17-7-6-10-20(13-17)25(29)31-21-12-11-19(14-22(21)30-2)15-23-24(28)27(26(32)33-23)16-18-8-4-3-5-9-18/h3-15H,16H2,1-2H3/b23-15-. The fourth-order valence-corrected chi connectivity index (χ4v) is 4.60. The second-order valence-corrected chi connectivity index (χ2v) is 9.10. The lowest BCUT2D eigenvalue weighted by Crippen LogP contribution is -2.27. The Labute approximate surface area is 202 Å². The number of esters is 1. The van der Waals surface area contributed by atoms with E-state index in [1.807, 2.05) is 43.3 Å². The summed E-state index contributed by atoms with van der Waals surface area (Å²) in [5.74, 6) is 0.0941. The van der Waals surface area contributed by atoms with Gasteiger partial charge in [-0.1, -0.05) is 78.1 Å². The number of amides is 1. The number of aryl methyl sites for hydroxylation is 1. The lowest BCUT2D eigenvalue weighted by Gasteiger charge is -2.14. The first-order valence-electron chi connectivity index (χ1n) is 10.2. The van der Waals surface area contributed by atoms with Crippen LogP contribution in [0, 0.1) is 6.92 Å². The zero-order valence-corrected chi connectivity index (χ0v) is 19.7. The molecule has 1 heterocycles. The van der Waals surface area contributed by atoms with Crippen LogP contribution in [0.2, 0.25) is 0 Å². The Morgan fingerprint density at radius 2 is 1.82 bits per heavy atom. The Morgan fingerprint density at radius 3 is 2.55 bits per heavy atom. The molecule has 1 fully saturated rings. The first kappa shape index (κ1) is 22.8. The van der Waals surface area contributed by atoms with Crippen molar-refractivity contribution in [3.8, 4) is 11.5 Å². The van der Waals surface area contributed by atoms with Crippen LogP contribution in [0.5, 0.6) is 11.5 Å². The van der Waals surface area contributed by atoms with Crippen LogP contribution in [-0.4, -0.2) is 28.2 Å². The van der Waals surface area contributed by atoms with Crippen molar-refractivity contribution in [2.45, 2.75) is 13.5 Å². The van der Waals surface area contributed by atoms with Gasteiger partial charge in [0.1, 0.15) is 4.32 Å². The molecule has 166 valence electrons. The van der Waals surface area contributed by atoms with E-state index in [1.165, 1.54) is 18.9 Å². The highest BCUT2D eigenvalue weighted by molar-refractivity contribution is 8.26. The number of nitrogens with zero attached hydrogens (tertiary/aromatic N) is 1. The number of carbonyl (C=O) groups excluding carboxylic acids is 2. The van der Waals surface area contributed by atoms with Crippen molar-refractivity contribution in [1.29, 1.82) is 0 Å². The largest absolute Gasteiger partial charge is 0.493 e. The number of benzene rings is 3. The quantitative estimate of drug-likeness (QED) is 0.200. The molecule has 3 aromatic rings. The van der Waals surface area contributed by atoms with Gasteiger partial charge in [-0.15, -0.1) is 0 Å². The van der Waals surface area contributed by atoms with Crippen molar-refractivity contribution < 1.29 is 19.1 Å². The van der Waals surface area contributed by atoms with Gasteiger partial charge in [0.15, 0.2) is 11.5 Å². The molecule has 0 aliphatic carbocycles. The van der Waals surface area contributed by atoms with Gasteiger partial charge < -0.3 is 9.47 Å². The maximum atomic E-state index is 12.9. The van der Waals surface area contributed by atoms with Crippen LogP contribution in [0.4, 0.5) is 0 Å². The normalized spacial score (nSPS) is 14.6. The molecule has 1 aliphatic rings. The second-order valence-electron chi connectivity index (χ2n) is 7.42. The number of carbonyl (C=O) groups is 2. The van der Waals surface area contributed by atoms with Crippen molar-refractivity contribution in [2.24, 2.45) is 0 Å². The summed E-state index contributed by atoms with van der Waals surface area (Å²) < 4.78 is 11.5. The van der Waals surface area contributed by atoms with Crippen molar-refractivity contribution in [3.05, 3.63) is 100.0 Å². The van der Waals surface area contributed by atoms with Crippen LogP contribution < -0.4 is 9.47 Å². The van der Waals surface area contributed by atoms with Crippen molar-refractivity contribution in [2.75, 3.05) is 7.11 Å². The summed E-state index contributed by atoms with van der Waals surface area (Å²) in [6, 6.07) is 22.1. The Hall–Kier alpha value is -3.42. The maximum absolute atomic E-state index is 12.9. The smallest absolute Gasteiger partial charge is 0.343 e. The Kier molecular flexibility index (Phi) is 6.91.